The molecule has 4 nitrogen and oxygen atoms in total. The summed E-state index contributed by atoms with van der Waals surface area (Å²) in [7, 11) is -0.0190. The van der Waals surface area contributed by atoms with Crippen molar-refractivity contribution in [3.8, 4) is 0 Å². The highest BCUT2D eigenvalue weighted by atomic mass is 79.9. The van der Waals surface area contributed by atoms with Crippen LogP contribution in [-0.4, -0.2) is 22.0 Å². The second-order valence-corrected chi connectivity index (χ2v) is 10.8. The first-order valence-electron chi connectivity index (χ1n) is 8.07. The van der Waals surface area contributed by atoms with Gasteiger partial charge in [-0.25, -0.2) is 8.93 Å². The van der Waals surface area contributed by atoms with Gasteiger partial charge in [-0.3, -0.25) is 4.79 Å². The number of halogens is 2. The highest BCUT2D eigenvalue weighted by molar-refractivity contribution is 9.10. The van der Waals surface area contributed by atoms with Gasteiger partial charge in [-0.2, -0.15) is 0 Å². The van der Waals surface area contributed by atoms with Crippen molar-refractivity contribution in [3.63, 3.8) is 0 Å². The number of rotatable bonds is 6. The maximum Gasteiger partial charge on any atom is 0.311 e. The van der Waals surface area contributed by atoms with Crippen LogP contribution in [-0.2, 0) is 26.1 Å². The SMILES string of the molecule is COC(=O)C(C(C)C)[C@@](C)(N[S@](=O)C(C)(C)C)c1ccc(Br)c(Cl)c1. The Kier molecular flexibility index (Phi) is 7.69. The van der Waals surface area contributed by atoms with Crippen molar-refractivity contribution in [1.82, 2.24) is 4.72 Å². The second kappa shape index (κ2) is 8.51. The number of methoxy groups -OCH3 is 1. The van der Waals surface area contributed by atoms with Crippen LogP contribution in [0.15, 0.2) is 22.7 Å². The zero-order chi connectivity index (χ0) is 19.6. The van der Waals surface area contributed by atoms with Gasteiger partial charge in [-0.05, 0) is 67.2 Å². The fourth-order valence-corrected chi connectivity index (χ4v) is 4.13. The van der Waals surface area contributed by atoms with Crippen LogP contribution in [0.5, 0.6) is 0 Å². The first-order chi connectivity index (χ1) is 11.3. The number of esters is 1. The van der Waals surface area contributed by atoms with E-state index in [1.54, 1.807) is 6.07 Å². The van der Waals surface area contributed by atoms with Crippen LogP contribution in [0.1, 0.15) is 47.1 Å². The summed E-state index contributed by atoms with van der Waals surface area (Å²) in [6.07, 6.45) is 0. The standard InChI is InChI=1S/C18H27BrClNO3S/c1-11(2)15(16(22)24-7)18(6,21-25(23)17(3,4)5)12-8-9-13(19)14(20)10-12/h8-11,15,21H,1-7H3/t15?,18-,25+/m0/s1. The maximum atomic E-state index is 12.8. The Bertz CT molecular complexity index is 660. The van der Waals surface area contributed by atoms with E-state index in [2.05, 4.69) is 20.7 Å². The van der Waals surface area contributed by atoms with Crippen LogP contribution >= 0.6 is 27.5 Å². The van der Waals surface area contributed by atoms with Crippen molar-refractivity contribution in [2.45, 2.75) is 51.8 Å². The van der Waals surface area contributed by atoms with Crippen LogP contribution in [0.3, 0.4) is 0 Å². The molecule has 1 aromatic rings. The zero-order valence-corrected chi connectivity index (χ0v) is 18.9. The fraction of sp³-hybridized carbons (Fsp3) is 0.611. The summed E-state index contributed by atoms with van der Waals surface area (Å²) in [4.78, 5) is 12.6. The van der Waals surface area contributed by atoms with E-state index >= 15 is 0 Å². The summed E-state index contributed by atoms with van der Waals surface area (Å²) in [5.41, 5.74) is -0.133. The van der Waals surface area contributed by atoms with E-state index in [-0.39, 0.29) is 11.9 Å². The smallest absolute Gasteiger partial charge is 0.311 e. The molecule has 1 aromatic carbocycles. The van der Waals surface area contributed by atoms with Gasteiger partial charge >= 0.3 is 5.97 Å². The van der Waals surface area contributed by atoms with Crippen LogP contribution in [0.25, 0.3) is 0 Å². The lowest BCUT2D eigenvalue weighted by Crippen LogP contribution is -2.54. The van der Waals surface area contributed by atoms with Crippen molar-refractivity contribution >= 4 is 44.5 Å². The average Bonchev–Trinajstić information content (AvgIpc) is 2.48. The topological polar surface area (TPSA) is 55.4 Å². The summed E-state index contributed by atoms with van der Waals surface area (Å²) in [6.45, 7) is 11.4. The third-order valence-electron chi connectivity index (χ3n) is 4.12. The Balaban J connectivity index is 3.56. The number of hydrogen-bond donors (Lipinski definition) is 1. The summed E-state index contributed by atoms with van der Waals surface area (Å²) in [6, 6.07) is 5.49. The predicted octanol–water partition coefficient (Wildman–Crippen LogP) is 4.81. The van der Waals surface area contributed by atoms with Gasteiger partial charge in [0.25, 0.3) is 0 Å². The molecule has 0 amide bonds. The molecule has 1 N–H and O–H groups in total. The third kappa shape index (κ3) is 5.28. The van der Waals surface area contributed by atoms with Gasteiger partial charge < -0.3 is 4.74 Å². The molecule has 0 bridgehead atoms. The molecule has 0 aliphatic carbocycles. The van der Waals surface area contributed by atoms with Crippen molar-refractivity contribution in [1.29, 1.82) is 0 Å². The van der Waals surface area contributed by atoms with Gasteiger partial charge in [-0.1, -0.05) is 31.5 Å². The molecule has 3 atom stereocenters. The molecule has 0 spiro atoms. The Hall–Kier alpha value is -0.430. The van der Waals surface area contributed by atoms with Crippen molar-refractivity contribution in [3.05, 3.63) is 33.3 Å². The molecule has 1 rings (SSSR count). The van der Waals surface area contributed by atoms with Crippen molar-refractivity contribution < 1.29 is 13.7 Å². The second-order valence-electron chi connectivity index (χ2n) is 7.56. The lowest BCUT2D eigenvalue weighted by atomic mass is 9.74. The van der Waals surface area contributed by atoms with E-state index in [0.29, 0.717) is 5.02 Å². The van der Waals surface area contributed by atoms with E-state index in [1.165, 1.54) is 7.11 Å². The molecule has 0 heterocycles. The molecule has 25 heavy (non-hydrogen) atoms. The Labute approximate surface area is 166 Å². The lowest BCUT2D eigenvalue weighted by molar-refractivity contribution is -0.150. The van der Waals surface area contributed by atoms with Crippen LogP contribution in [0, 0.1) is 11.8 Å². The predicted molar refractivity (Wildman–Crippen MR) is 108 cm³/mol. The lowest BCUT2D eigenvalue weighted by Gasteiger charge is -2.40. The molecular formula is C18H27BrClNO3S. The van der Waals surface area contributed by atoms with Gasteiger partial charge in [0.1, 0.15) is 0 Å². The number of ether oxygens (including phenoxy) is 1. The Morgan fingerprint density at radius 3 is 2.24 bits per heavy atom. The largest absolute Gasteiger partial charge is 0.469 e. The minimum atomic E-state index is -1.39. The summed E-state index contributed by atoms with van der Waals surface area (Å²) in [5.74, 6) is -0.930. The van der Waals surface area contributed by atoms with E-state index < -0.39 is 27.2 Å². The monoisotopic (exact) mass is 451 g/mol. The molecule has 0 radical (unpaired) electrons. The van der Waals surface area contributed by atoms with Crippen LogP contribution < -0.4 is 4.72 Å². The van der Waals surface area contributed by atoms with Crippen LogP contribution in [0.2, 0.25) is 5.02 Å². The molecule has 0 saturated heterocycles. The molecule has 142 valence electrons. The summed E-state index contributed by atoms with van der Waals surface area (Å²) < 4.78 is 21.4. The molecule has 7 heteroatoms. The molecule has 1 unspecified atom stereocenters. The highest BCUT2D eigenvalue weighted by Gasteiger charge is 2.45. The number of carbonyl (C=O) groups excluding carboxylic acids is 1. The molecule has 0 aliphatic heterocycles. The minimum absolute atomic E-state index is 0.0376. The van der Waals surface area contributed by atoms with E-state index in [9.17, 15) is 9.00 Å². The average molecular weight is 453 g/mol. The minimum Gasteiger partial charge on any atom is -0.469 e. The van der Waals surface area contributed by atoms with Gasteiger partial charge in [0.15, 0.2) is 0 Å². The number of carbonyl (C=O) groups is 1. The molecule has 0 fully saturated rings. The maximum absolute atomic E-state index is 12.8. The summed E-state index contributed by atoms with van der Waals surface area (Å²) >= 11 is 9.66. The molecular weight excluding hydrogens is 426 g/mol. The van der Waals surface area contributed by atoms with Gasteiger partial charge in [-0.15, -0.1) is 0 Å². The number of benzene rings is 1. The van der Waals surface area contributed by atoms with Crippen molar-refractivity contribution in [2.75, 3.05) is 7.11 Å². The zero-order valence-electron chi connectivity index (χ0n) is 15.8. The Morgan fingerprint density at radius 1 is 1.28 bits per heavy atom. The van der Waals surface area contributed by atoms with E-state index in [4.69, 9.17) is 16.3 Å². The van der Waals surface area contributed by atoms with Crippen molar-refractivity contribution in [2.24, 2.45) is 11.8 Å². The first kappa shape index (κ1) is 22.6. The Morgan fingerprint density at radius 2 is 1.84 bits per heavy atom. The molecule has 0 saturated carbocycles. The number of hydrogen-bond acceptors (Lipinski definition) is 3. The third-order valence-corrected chi connectivity index (χ3v) is 7.08. The van der Waals surface area contributed by atoms with Crippen LogP contribution in [0.4, 0.5) is 0 Å². The normalized spacial score (nSPS) is 17.0. The first-order valence-corrected chi connectivity index (χ1v) is 10.4. The highest BCUT2D eigenvalue weighted by Crippen LogP contribution is 2.38. The number of nitrogens with one attached hydrogen (secondary N) is 1. The van der Waals surface area contributed by atoms with E-state index in [0.717, 1.165) is 10.0 Å². The molecule has 0 aromatic heterocycles. The molecule has 0 aliphatic rings. The quantitative estimate of drug-likeness (QED) is 0.630. The van der Waals surface area contributed by atoms with E-state index in [1.807, 2.05) is 53.7 Å². The fourth-order valence-electron chi connectivity index (χ4n) is 2.77. The summed E-state index contributed by atoms with van der Waals surface area (Å²) in [5, 5.41) is 0.527. The van der Waals surface area contributed by atoms with Gasteiger partial charge in [0, 0.05) is 4.47 Å². The van der Waals surface area contributed by atoms with Gasteiger partial charge in [0.05, 0.1) is 39.3 Å². The van der Waals surface area contributed by atoms with Gasteiger partial charge in [0.2, 0.25) is 0 Å².